The fraction of sp³-hybridized carbons (Fsp3) is 0.652. The van der Waals surface area contributed by atoms with E-state index in [2.05, 4.69) is 10.4 Å². The maximum Gasteiger partial charge on any atom is 0.403 e. The summed E-state index contributed by atoms with van der Waals surface area (Å²) in [6.07, 6.45) is -5.22. The topological polar surface area (TPSA) is 123 Å². The van der Waals surface area contributed by atoms with Gasteiger partial charge in [0.1, 0.15) is 11.9 Å². The summed E-state index contributed by atoms with van der Waals surface area (Å²) in [7, 11) is 3.50. The molecule has 11 nitrogen and oxygen atoms in total. The first-order valence-electron chi connectivity index (χ1n) is 11.9. The number of piperazine rings is 1. The molecule has 14 heteroatoms. The summed E-state index contributed by atoms with van der Waals surface area (Å²) < 4.78 is 51.5. The van der Waals surface area contributed by atoms with E-state index in [-0.39, 0.29) is 38.6 Å². The number of rotatable bonds is 10. The molecule has 3 atom stereocenters. The highest BCUT2D eigenvalue weighted by molar-refractivity contribution is 5.80. The number of carbonyl (C=O) groups excluding carboxylic acids is 2. The van der Waals surface area contributed by atoms with Crippen molar-refractivity contribution in [2.75, 3.05) is 71.5 Å². The second-order valence-electron chi connectivity index (χ2n) is 9.16. The van der Waals surface area contributed by atoms with Gasteiger partial charge in [-0.25, -0.2) is 10.4 Å². The van der Waals surface area contributed by atoms with Crippen LogP contribution in [0.2, 0.25) is 0 Å². The van der Waals surface area contributed by atoms with Crippen LogP contribution in [-0.4, -0.2) is 112 Å². The Morgan fingerprint density at radius 1 is 1.30 bits per heavy atom. The number of anilines is 1. The first-order valence-corrected chi connectivity index (χ1v) is 11.9. The van der Waals surface area contributed by atoms with Gasteiger partial charge in [-0.3, -0.25) is 15.0 Å². The smallest absolute Gasteiger partial charge is 0.378 e. The highest BCUT2D eigenvalue weighted by Gasteiger charge is 2.52. The lowest BCUT2D eigenvalue weighted by Gasteiger charge is -2.36. The summed E-state index contributed by atoms with van der Waals surface area (Å²) in [5, 5.41) is 8.89. The number of hydrogen-bond donors (Lipinski definition) is 2. The Labute approximate surface area is 213 Å². The summed E-state index contributed by atoms with van der Waals surface area (Å²) in [4.78, 5) is 34.2. The van der Waals surface area contributed by atoms with Gasteiger partial charge in [-0.15, -0.1) is 0 Å². The van der Waals surface area contributed by atoms with Gasteiger partial charge in [0.15, 0.2) is 5.92 Å². The molecular weight excluding hydrogens is 495 g/mol. The van der Waals surface area contributed by atoms with Crippen LogP contribution in [0.15, 0.2) is 18.3 Å². The van der Waals surface area contributed by atoms with Crippen molar-refractivity contribution in [1.82, 2.24) is 25.6 Å². The van der Waals surface area contributed by atoms with E-state index in [0.717, 1.165) is 5.82 Å². The van der Waals surface area contributed by atoms with Gasteiger partial charge < -0.3 is 24.2 Å². The SMILES string of the molecule is CN(C)CC(COCCC(=O)N1CCN(c2ccc(C#N)cn2)CC1)OC1CNNC(=O)C1C(F)(F)F. The zero-order valence-electron chi connectivity index (χ0n) is 20.8. The second-order valence-corrected chi connectivity index (χ2v) is 9.16. The van der Waals surface area contributed by atoms with Gasteiger partial charge in [-0.05, 0) is 26.2 Å². The number of nitriles is 1. The third-order valence-electron chi connectivity index (χ3n) is 6.06. The van der Waals surface area contributed by atoms with E-state index in [1.165, 1.54) is 6.20 Å². The van der Waals surface area contributed by atoms with Crippen molar-refractivity contribution in [1.29, 1.82) is 5.26 Å². The number of hydrogen-bond acceptors (Lipinski definition) is 9. The average Bonchev–Trinajstić information content (AvgIpc) is 2.85. The van der Waals surface area contributed by atoms with Gasteiger partial charge in [0.2, 0.25) is 11.8 Å². The molecule has 0 bridgehead atoms. The Morgan fingerprint density at radius 3 is 2.62 bits per heavy atom. The molecule has 37 heavy (non-hydrogen) atoms. The molecule has 2 aliphatic rings. The fourth-order valence-corrected chi connectivity index (χ4v) is 4.24. The first-order chi connectivity index (χ1) is 17.6. The van der Waals surface area contributed by atoms with Gasteiger partial charge in [-0.1, -0.05) is 0 Å². The van der Waals surface area contributed by atoms with E-state index in [1.807, 2.05) is 16.4 Å². The molecule has 0 aliphatic carbocycles. The summed E-state index contributed by atoms with van der Waals surface area (Å²) in [6, 6.07) is 5.51. The number of hydrazine groups is 1. The summed E-state index contributed by atoms with van der Waals surface area (Å²) >= 11 is 0. The Balaban J connectivity index is 1.43. The Morgan fingerprint density at radius 2 is 2.03 bits per heavy atom. The molecule has 1 aromatic heterocycles. The van der Waals surface area contributed by atoms with Crippen LogP contribution >= 0.6 is 0 Å². The number of nitrogens with zero attached hydrogens (tertiary/aromatic N) is 5. The molecule has 2 aliphatic heterocycles. The van der Waals surface area contributed by atoms with Crippen molar-refractivity contribution in [3.05, 3.63) is 23.9 Å². The zero-order valence-corrected chi connectivity index (χ0v) is 20.8. The number of likely N-dealkylation sites (N-methyl/N-ethyl adjacent to an activating group) is 1. The van der Waals surface area contributed by atoms with E-state index < -0.39 is 30.2 Å². The van der Waals surface area contributed by atoms with Gasteiger partial charge in [0, 0.05) is 45.5 Å². The molecule has 0 radical (unpaired) electrons. The van der Waals surface area contributed by atoms with Crippen LogP contribution in [-0.2, 0) is 19.1 Å². The fourth-order valence-electron chi connectivity index (χ4n) is 4.24. The van der Waals surface area contributed by atoms with Gasteiger partial charge in [-0.2, -0.15) is 18.4 Å². The van der Waals surface area contributed by atoms with Crippen molar-refractivity contribution in [2.45, 2.75) is 24.8 Å². The van der Waals surface area contributed by atoms with Crippen molar-refractivity contribution < 1.29 is 32.2 Å². The summed E-state index contributed by atoms with van der Waals surface area (Å²) in [5.41, 5.74) is 4.92. The molecule has 2 fully saturated rings. The molecule has 0 aromatic carbocycles. The van der Waals surface area contributed by atoms with Gasteiger partial charge in [0.05, 0.1) is 37.4 Å². The molecule has 0 spiro atoms. The van der Waals surface area contributed by atoms with Crippen molar-refractivity contribution in [3.8, 4) is 6.07 Å². The highest BCUT2D eigenvalue weighted by Crippen LogP contribution is 2.32. The lowest BCUT2D eigenvalue weighted by atomic mass is 9.99. The summed E-state index contributed by atoms with van der Waals surface area (Å²) in [6.45, 7) is 2.40. The van der Waals surface area contributed by atoms with Crippen molar-refractivity contribution >= 4 is 17.6 Å². The molecule has 3 rings (SSSR count). The Kier molecular flexibility index (Phi) is 10.0. The molecule has 204 valence electrons. The van der Waals surface area contributed by atoms with E-state index >= 15 is 0 Å². The lowest BCUT2D eigenvalue weighted by Crippen LogP contribution is -2.61. The van der Waals surface area contributed by atoms with Crippen LogP contribution in [0.25, 0.3) is 0 Å². The molecule has 2 N–H and O–H groups in total. The number of amides is 2. The van der Waals surface area contributed by atoms with Crippen LogP contribution in [0.3, 0.4) is 0 Å². The number of halogens is 3. The largest absolute Gasteiger partial charge is 0.403 e. The molecule has 3 heterocycles. The molecule has 3 unspecified atom stereocenters. The Hall–Kier alpha value is -2.99. The number of carbonyl (C=O) groups is 2. The van der Waals surface area contributed by atoms with Crippen molar-refractivity contribution in [2.24, 2.45) is 5.92 Å². The van der Waals surface area contributed by atoms with Crippen LogP contribution in [0.1, 0.15) is 12.0 Å². The summed E-state index contributed by atoms with van der Waals surface area (Å²) in [5.74, 6) is -2.80. The third kappa shape index (κ3) is 8.26. The zero-order chi connectivity index (χ0) is 27.0. The number of aromatic nitrogens is 1. The molecule has 2 saturated heterocycles. The number of pyridine rings is 1. The van der Waals surface area contributed by atoms with E-state index in [0.29, 0.717) is 31.7 Å². The average molecular weight is 528 g/mol. The minimum atomic E-state index is -4.74. The predicted molar refractivity (Wildman–Crippen MR) is 126 cm³/mol. The molecule has 1 aromatic rings. The highest BCUT2D eigenvalue weighted by atomic mass is 19.4. The predicted octanol–water partition coefficient (Wildman–Crippen LogP) is 0.137. The standard InChI is InChI=1S/C23H32F3N7O4/c1-31(2)14-17(37-18-13-29-30-22(35)21(18)23(24,25)26)15-36-10-5-20(34)33-8-6-32(7-9-33)19-4-3-16(11-27)12-28-19/h3-4,12,17-18,21,29H,5-10,13-15H2,1-2H3,(H,30,35). The maximum absolute atomic E-state index is 13.4. The lowest BCUT2D eigenvalue weighted by molar-refractivity contribution is -0.221. The number of nitrogens with one attached hydrogen (secondary N) is 2. The molecule has 2 amide bonds. The monoisotopic (exact) mass is 527 g/mol. The van der Waals surface area contributed by atoms with Crippen LogP contribution in [0, 0.1) is 17.2 Å². The first kappa shape index (κ1) is 28.6. The van der Waals surface area contributed by atoms with Crippen LogP contribution in [0.4, 0.5) is 19.0 Å². The maximum atomic E-state index is 13.4. The third-order valence-corrected chi connectivity index (χ3v) is 6.06. The van der Waals surface area contributed by atoms with Crippen LogP contribution in [0.5, 0.6) is 0 Å². The quantitative estimate of drug-likeness (QED) is 0.409. The Bertz CT molecular complexity index is 947. The number of alkyl halides is 3. The van der Waals surface area contributed by atoms with Crippen molar-refractivity contribution in [3.63, 3.8) is 0 Å². The van der Waals surface area contributed by atoms with E-state index in [1.54, 1.807) is 36.0 Å². The number of ether oxygens (including phenoxy) is 2. The van der Waals surface area contributed by atoms with E-state index in [4.69, 9.17) is 14.7 Å². The van der Waals surface area contributed by atoms with Gasteiger partial charge in [0.25, 0.3) is 0 Å². The van der Waals surface area contributed by atoms with Crippen LogP contribution < -0.4 is 15.8 Å². The normalized spacial score (nSPS) is 21.5. The minimum Gasteiger partial charge on any atom is -0.378 e. The second kappa shape index (κ2) is 13.0. The van der Waals surface area contributed by atoms with Gasteiger partial charge >= 0.3 is 6.18 Å². The molecule has 0 saturated carbocycles. The van der Waals surface area contributed by atoms with E-state index in [9.17, 15) is 22.8 Å². The molecular formula is C23H32F3N7O4. The minimum absolute atomic E-state index is 0.0215.